The van der Waals surface area contributed by atoms with Gasteiger partial charge in [0.15, 0.2) is 0 Å². The molecule has 1 aromatic heterocycles. The first kappa shape index (κ1) is 13.0. The molecule has 0 radical (unpaired) electrons. The number of nitrogens with two attached hydrogens (primary N) is 1. The molecule has 1 heterocycles. The van der Waals surface area contributed by atoms with Crippen LogP contribution >= 0.6 is 38.5 Å². The van der Waals surface area contributed by atoms with Crippen LogP contribution in [-0.4, -0.2) is 15.8 Å². The molecule has 5 heteroatoms. The highest BCUT2D eigenvalue weighted by Crippen LogP contribution is 2.21. The zero-order valence-corrected chi connectivity index (χ0v) is 13.1. The lowest BCUT2D eigenvalue weighted by Crippen LogP contribution is -2.19. The quantitative estimate of drug-likeness (QED) is 0.797. The molecule has 1 aromatic carbocycles. The monoisotopic (exact) mass is 405 g/mol. The molecule has 0 aliphatic carbocycles. The van der Waals surface area contributed by atoms with Gasteiger partial charge in [-0.05, 0) is 53.6 Å². The highest BCUT2D eigenvalue weighted by Gasteiger charge is 2.08. The van der Waals surface area contributed by atoms with Gasteiger partial charge in [0.25, 0.3) is 0 Å². The average Bonchev–Trinajstić information content (AvgIpc) is 2.67. The lowest BCUT2D eigenvalue weighted by atomic mass is 10.1. The Morgan fingerprint density at radius 2 is 2.29 bits per heavy atom. The van der Waals surface area contributed by atoms with Crippen LogP contribution in [0.5, 0.6) is 0 Å². The molecular formula is C12H13BrIN3. The number of hydrogen-bond acceptors (Lipinski definition) is 2. The van der Waals surface area contributed by atoms with Gasteiger partial charge < -0.3 is 5.73 Å². The van der Waals surface area contributed by atoms with Crippen LogP contribution in [0.3, 0.4) is 0 Å². The maximum absolute atomic E-state index is 5.87. The summed E-state index contributed by atoms with van der Waals surface area (Å²) in [7, 11) is 0. The summed E-state index contributed by atoms with van der Waals surface area (Å²) < 4.78 is 4.06. The summed E-state index contributed by atoms with van der Waals surface area (Å²) in [6.45, 7) is 2.01. The Hall–Kier alpha value is -0.400. The molecule has 17 heavy (non-hydrogen) atoms. The van der Waals surface area contributed by atoms with E-state index in [-0.39, 0.29) is 6.04 Å². The highest BCUT2D eigenvalue weighted by atomic mass is 127. The van der Waals surface area contributed by atoms with Crippen LogP contribution in [0.15, 0.2) is 35.1 Å². The van der Waals surface area contributed by atoms with Crippen molar-refractivity contribution in [1.82, 2.24) is 9.78 Å². The number of halogens is 2. The number of rotatable bonds is 3. The molecule has 3 nitrogen and oxygen atoms in total. The van der Waals surface area contributed by atoms with E-state index in [4.69, 9.17) is 5.73 Å². The van der Waals surface area contributed by atoms with Crippen molar-refractivity contribution in [3.05, 3.63) is 44.2 Å². The fourth-order valence-electron chi connectivity index (χ4n) is 1.70. The molecule has 0 saturated carbocycles. The minimum atomic E-state index is 0.143. The van der Waals surface area contributed by atoms with Gasteiger partial charge in [0.1, 0.15) is 0 Å². The Bertz CT molecular complexity index is 522. The van der Waals surface area contributed by atoms with E-state index in [1.54, 1.807) is 0 Å². The second kappa shape index (κ2) is 5.49. The molecule has 2 aromatic rings. The van der Waals surface area contributed by atoms with E-state index in [0.29, 0.717) is 0 Å². The van der Waals surface area contributed by atoms with E-state index in [1.165, 1.54) is 5.56 Å². The summed E-state index contributed by atoms with van der Waals surface area (Å²) in [6, 6.07) is 6.35. The van der Waals surface area contributed by atoms with Gasteiger partial charge in [0, 0.05) is 16.7 Å². The van der Waals surface area contributed by atoms with Crippen molar-refractivity contribution in [1.29, 1.82) is 0 Å². The summed E-state index contributed by atoms with van der Waals surface area (Å²) in [5.74, 6) is 0. The van der Waals surface area contributed by atoms with Crippen LogP contribution in [-0.2, 0) is 6.42 Å². The van der Waals surface area contributed by atoms with E-state index in [0.717, 1.165) is 20.2 Å². The first-order valence-corrected chi connectivity index (χ1v) is 7.18. The normalized spacial score (nSPS) is 12.7. The minimum absolute atomic E-state index is 0.143. The second-order valence-corrected chi connectivity index (χ2v) is 6.22. The van der Waals surface area contributed by atoms with Gasteiger partial charge >= 0.3 is 0 Å². The average molecular weight is 406 g/mol. The molecule has 0 bridgehead atoms. The lowest BCUT2D eigenvalue weighted by Gasteiger charge is -2.12. The smallest absolute Gasteiger partial charge is 0.0689 e. The fraction of sp³-hybridized carbons (Fsp3) is 0.250. The van der Waals surface area contributed by atoms with Gasteiger partial charge in [-0.25, -0.2) is 4.68 Å². The largest absolute Gasteiger partial charge is 0.328 e. The van der Waals surface area contributed by atoms with Crippen LogP contribution < -0.4 is 5.73 Å². The first-order chi connectivity index (χ1) is 8.06. The molecule has 1 unspecified atom stereocenters. The van der Waals surface area contributed by atoms with Gasteiger partial charge in [-0.15, -0.1) is 0 Å². The fourth-order valence-corrected chi connectivity index (χ4v) is 2.44. The van der Waals surface area contributed by atoms with Gasteiger partial charge in [0.05, 0.1) is 15.5 Å². The van der Waals surface area contributed by atoms with Crippen molar-refractivity contribution in [3.63, 3.8) is 0 Å². The zero-order chi connectivity index (χ0) is 12.4. The standard InChI is InChI=1S/C12H13BrIN3/c1-8(15)4-9-2-3-10(13)5-12(9)17-7-11(14)6-16-17/h2-3,5-8H,4,15H2,1H3. The lowest BCUT2D eigenvalue weighted by molar-refractivity contribution is 0.727. The number of aromatic nitrogens is 2. The topological polar surface area (TPSA) is 43.8 Å². The molecule has 2 N–H and O–H groups in total. The van der Waals surface area contributed by atoms with Crippen molar-refractivity contribution < 1.29 is 0 Å². The second-order valence-electron chi connectivity index (χ2n) is 4.06. The number of benzene rings is 1. The van der Waals surface area contributed by atoms with Crippen molar-refractivity contribution in [2.75, 3.05) is 0 Å². The predicted octanol–water partition coefficient (Wildman–Crippen LogP) is 3.13. The van der Waals surface area contributed by atoms with Crippen LogP contribution in [0, 0.1) is 3.57 Å². The Balaban J connectivity index is 2.46. The van der Waals surface area contributed by atoms with Crippen molar-refractivity contribution in [3.8, 4) is 5.69 Å². The third-order valence-electron chi connectivity index (χ3n) is 2.39. The Morgan fingerprint density at radius 3 is 2.88 bits per heavy atom. The van der Waals surface area contributed by atoms with E-state index in [1.807, 2.05) is 30.1 Å². The summed E-state index contributed by atoms with van der Waals surface area (Å²) in [5, 5.41) is 4.34. The SMILES string of the molecule is CC(N)Cc1ccc(Br)cc1-n1cc(I)cn1. The third kappa shape index (κ3) is 3.29. The van der Waals surface area contributed by atoms with Crippen LogP contribution in [0.2, 0.25) is 0 Å². The van der Waals surface area contributed by atoms with E-state index < -0.39 is 0 Å². The van der Waals surface area contributed by atoms with Crippen LogP contribution in [0.25, 0.3) is 5.69 Å². The van der Waals surface area contributed by atoms with Crippen molar-refractivity contribution in [2.24, 2.45) is 5.73 Å². The maximum Gasteiger partial charge on any atom is 0.0689 e. The van der Waals surface area contributed by atoms with Crippen molar-refractivity contribution >= 4 is 38.5 Å². The Kier molecular flexibility index (Phi) is 4.22. The molecular weight excluding hydrogens is 393 g/mol. The molecule has 90 valence electrons. The number of hydrogen-bond donors (Lipinski definition) is 1. The molecule has 1 atom stereocenters. The van der Waals surface area contributed by atoms with Gasteiger partial charge in [0.2, 0.25) is 0 Å². The minimum Gasteiger partial charge on any atom is -0.328 e. The molecule has 0 spiro atoms. The van der Waals surface area contributed by atoms with Crippen LogP contribution in [0.4, 0.5) is 0 Å². The van der Waals surface area contributed by atoms with Crippen molar-refractivity contribution in [2.45, 2.75) is 19.4 Å². The van der Waals surface area contributed by atoms with E-state index in [9.17, 15) is 0 Å². The number of nitrogens with zero attached hydrogens (tertiary/aromatic N) is 2. The van der Waals surface area contributed by atoms with Crippen LogP contribution in [0.1, 0.15) is 12.5 Å². The van der Waals surface area contributed by atoms with E-state index >= 15 is 0 Å². The molecule has 0 amide bonds. The van der Waals surface area contributed by atoms with Gasteiger partial charge in [-0.1, -0.05) is 22.0 Å². The third-order valence-corrected chi connectivity index (χ3v) is 3.44. The maximum atomic E-state index is 5.87. The molecule has 0 aliphatic rings. The zero-order valence-electron chi connectivity index (χ0n) is 9.40. The molecule has 0 saturated heterocycles. The Labute approximate surface area is 123 Å². The van der Waals surface area contributed by atoms with Gasteiger partial charge in [-0.2, -0.15) is 5.10 Å². The molecule has 2 rings (SSSR count). The Morgan fingerprint density at radius 1 is 1.53 bits per heavy atom. The first-order valence-electron chi connectivity index (χ1n) is 5.31. The predicted molar refractivity (Wildman–Crippen MR) is 81.3 cm³/mol. The summed E-state index contributed by atoms with van der Waals surface area (Å²) in [6.07, 6.45) is 4.70. The summed E-state index contributed by atoms with van der Waals surface area (Å²) in [5.41, 5.74) is 8.17. The summed E-state index contributed by atoms with van der Waals surface area (Å²) in [4.78, 5) is 0. The molecule has 0 aliphatic heterocycles. The van der Waals surface area contributed by atoms with Gasteiger partial charge in [-0.3, -0.25) is 0 Å². The molecule has 0 fully saturated rings. The highest BCUT2D eigenvalue weighted by molar-refractivity contribution is 14.1. The summed E-state index contributed by atoms with van der Waals surface area (Å²) >= 11 is 5.75. The van der Waals surface area contributed by atoms with E-state index in [2.05, 4.69) is 55.8 Å².